The molecule has 0 amide bonds. The minimum atomic E-state index is -1.33. The molecule has 0 radical (unpaired) electrons. The Morgan fingerprint density at radius 3 is 2.64 bits per heavy atom. The fraction of sp³-hybridized carbons (Fsp3) is 0.700. The highest BCUT2D eigenvalue weighted by atomic mass is 28.3. The van der Waals surface area contributed by atoms with Crippen molar-refractivity contribution in [2.45, 2.75) is 45.2 Å². The Morgan fingerprint density at radius 2 is 2.21 bits per heavy atom. The summed E-state index contributed by atoms with van der Waals surface area (Å²) < 4.78 is 0. The van der Waals surface area contributed by atoms with Crippen LogP contribution in [0.5, 0.6) is 0 Å². The third-order valence-corrected chi connectivity index (χ3v) is 2.69. The first-order valence-corrected chi connectivity index (χ1v) is 8.32. The molecule has 78 valence electrons. The van der Waals surface area contributed by atoms with E-state index in [1.807, 2.05) is 0 Å². The summed E-state index contributed by atoms with van der Waals surface area (Å²) in [6, 6.07) is 0. The minimum absolute atomic E-state index is 0.207. The van der Waals surface area contributed by atoms with Crippen LogP contribution in [0.25, 0.3) is 0 Å². The molecule has 0 aromatic heterocycles. The number of aliphatic hydroxyl groups excluding tert-OH is 1. The van der Waals surface area contributed by atoms with Crippen molar-refractivity contribution >= 4 is 13.8 Å². The third-order valence-electron chi connectivity index (χ3n) is 1.81. The van der Waals surface area contributed by atoms with Crippen LogP contribution in [0, 0.1) is 11.5 Å². The maximum Gasteiger partial charge on any atom is 0.159 e. The van der Waals surface area contributed by atoms with E-state index in [1.54, 1.807) is 6.92 Å². The van der Waals surface area contributed by atoms with Crippen LogP contribution in [-0.2, 0) is 4.84 Å². The summed E-state index contributed by atoms with van der Waals surface area (Å²) in [5, 5.41) is 13.1. The summed E-state index contributed by atoms with van der Waals surface area (Å²) in [5.74, 6) is 3.03. The fourth-order valence-corrected chi connectivity index (χ4v) is 1.51. The monoisotopic (exact) mass is 211 g/mol. The summed E-state index contributed by atoms with van der Waals surface area (Å²) >= 11 is 0. The van der Waals surface area contributed by atoms with Crippen molar-refractivity contribution in [1.29, 1.82) is 0 Å². The second-order valence-corrected chi connectivity index (χ2v) is 9.38. The van der Waals surface area contributed by atoms with Gasteiger partial charge in [-0.25, -0.2) is 0 Å². The molecule has 0 bridgehead atoms. The number of aliphatic hydroxyl groups is 1. The van der Waals surface area contributed by atoms with Gasteiger partial charge in [0, 0.05) is 6.42 Å². The first-order valence-electron chi connectivity index (χ1n) is 4.82. The molecule has 0 fully saturated rings. The molecule has 3 nitrogen and oxygen atoms in total. The van der Waals surface area contributed by atoms with Crippen molar-refractivity contribution in [3.63, 3.8) is 0 Å². The molecular formula is C10H17NO2Si. The molecule has 4 heteroatoms. The maximum atomic E-state index is 9.26. The van der Waals surface area contributed by atoms with Gasteiger partial charge in [0.2, 0.25) is 0 Å². The van der Waals surface area contributed by atoms with Gasteiger partial charge in [0.15, 0.2) is 6.10 Å². The predicted molar refractivity (Wildman–Crippen MR) is 59.7 cm³/mol. The molecule has 1 N–H and O–H groups in total. The normalized spacial score (nSPS) is 23.2. The first-order chi connectivity index (χ1) is 6.38. The molecule has 0 saturated carbocycles. The van der Waals surface area contributed by atoms with Gasteiger partial charge >= 0.3 is 0 Å². The van der Waals surface area contributed by atoms with Crippen LogP contribution < -0.4 is 0 Å². The molecule has 1 heterocycles. The molecule has 0 spiro atoms. The van der Waals surface area contributed by atoms with Crippen LogP contribution in [0.15, 0.2) is 5.16 Å². The summed E-state index contributed by atoms with van der Waals surface area (Å²) in [6.07, 6.45) is -0.0549. The summed E-state index contributed by atoms with van der Waals surface area (Å²) in [5.41, 5.74) is 3.98. The molecule has 0 saturated heterocycles. The van der Waals surface area contributed by atoms with Crippen LogP contribution in [-0.4, -0.2) is 31.1 Å². The van der Waals surface area contributed by atoms with Gasteiger partial charge in [-0.2, -0.15) is 0 Å². The number of rotatable bonds is 1. The third kappa shape index (κ3) is 3.52. The van der Waals surface area contributed by atoms with Crippen molar-refractivity contribution in [1.82, 2.24) is 0 Å². The molecule has 0 aliphatic carbocycles. The number of hydrogen-bond acceptors (Lipinski definition) is 3. The fourth-order valence-electron chi connectivity index (χ4n) is 0.989. The standard InChI is InChI=1S/C10H17NO2Si/c1-8(12)10-7-9(11-13-10)5-6-14(2,3)4/h8,10,12H,7H2,1-4H3/t8-,10-/m1/s1. The Morgan fingerprint density at radius 1 is 1.57 bits per heavy atom. The van der Waals surface area contributed by atoms with E-state index >= 15 is 0 Å². The van der Waals surface area contributed by atoms with E-state index in [-0.39, 0.29) is 6.10 Å². The second kappa shape index (κ2) is 4.16. The quantitative estimate of drug-likeness (QED) is 0.526. The first kappa shape index (κ1) is 11.3. The zero-order chi connectivity index (χ0) is 10.8. The Kier molecular flexibility index (Phi) is 3.35. The lowest BCUT2D eigenvalue weighted by Gasteiger charge is -2.09. The zero-order valence-electron chi connectivity index (χ0n) is 9.16. The van der Waals surface area contributed by atoms with Gasteiger partial charge in [-0.05, 0) is 6.92 Å². The molecule has 1 aliphatic rings. The van der Waals surface area contributed by atoms with Crippen LogP contribution in [0.4, 0.5) is 0 Å². The Hall–Kier alpha value is -0.793. The van der Waals surface area contributed by atoms with Gasteiger partial charge in [0.1, 0.15) is 13.8 Å². The van der Waals surface area contributed by atoms with Crippen molar-refractivity contribution in [2.75, 3.05) is 0 Å². The van der Waals surface area contributed by atoms with Gasteiger partial charge in [-0.1, -0.05) is 30.7 Å². The van der Waals surface area contributed by atoms with Gasteiger partial charge in [-0.15, -0.1) is 5.54 Å². The summed E-state index contributed by atoms with van der Waals surface area (Å²) in [6.45, 7) is 8.25. The Labute approximate surface area is 86.2 Å². The van der Waals surface area contributed by atoms with Crippen LogP contribution in [0.3, 0.4) is 0 Å². The summed E-state index contributed by atoms with van der Waals surface area (Å²) in [7, 11) is -1.33. The maximum absolute atomic E-state index is 9.26. The molecule has 2 atom stereocenters. The minimum Gasteiger partial charge on any atom is -0.389 e. The van der Waals surface area contributed by atoms with Crippen LogP contribution in [0.1, 0.15) is 13.3 Å². The van der Waals surface area contributed by atoms with E-state index in [2.05, 4.69) is 36.3 Å². The lowest BCUT2D eigenvalue weighted by Crippen LogP contribution is -2.22. The molecule has 1 rings (SSSR count). The van der Waals surface area contributed by atoms with Gasteiger partial charge in [-0.3, -0.25) is 0 Å². The number of oxime groups is 1. The molecule has 0 unspecified atom stereocenters. The Bertz CT molecular complexity index is 293. The average Bonchev–Trinajstić information content (AvgIpc) is 2.47. The smallest absolute Gasteiger partial charge is 0.159 e. The van der Waals surface area contributed by atoms with Crippen molar-refractivity contribution in [2.24, 2.45) is 5.16 Å². The lowest BCUT2D eigenvalue weighted by molar-refractivity contribution is -0.00780. The predicted octanol–water partition coefficient (Wildman–Crippen LogP) is 1.39. The number of nitrogens with zero attached hydrogens (tertiary/aromatic N) is 1. The second-order valence-electron chi connectivity index (χ2n) is 4.63. The summed E-state index contributed by atoms with van der Waals surface area (Å²) in [4.78, 5) is 5.04. The topological polar surface area (TPSA) is 41.8 Å². The largest absolute Gasteiger partial charge is 0.389 e. The highest BCUT2D eigenvalue weighted by Crippen LogP contribution is 2.13. The van der Waals surface area contributed by atoms with Gasteiger partial charge < -0.3 is 9.94 Å². The average molecular weight is 211 g/mol. The van der Waals surface area contributed by atoms with Gasteiger partial charge in [0.05, 0.1) is 6.10 Å². The van der Waals surface area contributed by atoms with Gasteiger partial charge in [0.25, 0.3) is 0 Å². The van der Waals surface area contributed by atoms with E-state index in [4.69, 9.17) is 4.84 Å². The van der Waals surface area contributed by atoms with E-state index in [0.717, 1.165) is 5.71 Å². The SMILES string of the molecule is C[C@@H](O)[C@H]1CC(C#C[Si](C)(C)C)=NO1. The molecule has 0 aromatic rings. The Balaban J connectivity index is 2.54. The van der Waals surface area contributed by atoms with E-state index < -0.39 is 14.2 Å². The van der Waals surface area contributed by atoms with Crippen molar-refractivity contribution in [3.05, 3.63) is 0 Å². The van der Waals surface area contributed by atoms with Crippen LogP contribution in [0.2, 0.25) is 19.6 Å². The van der Waals surface area contributed by atoms with Crippen molar-refractivity contribution < 1.29 is 9.94 Å². The number of hydrogen-bond donors (Lipinski definition) is 1. The highest BCUT2D eigenvalue weighted by Gasteiger charge is 2.24. The molecule has 1 aliphatic heterocycles. The zero-order valence-corrected chi connectivity index (χ0v) is 10.2. The van der Waals surface area contributed by atoms with E-state index in [9.17, 15) is 5.11 Å². The van der Waals surface area contributed by atoms with Crippen molar-refractivity contribution in [3.8, 4) is 11.5 Å². The van der Waals surface area contributed by atoms with E-state index in [0.29, 0.717) is 6.42 Å². The molecule has 0 aromatic carbocycles. The molecular weight excluding hydrogens is 194 g/mol. The van der Waals surface area contributed by atoms with E-state index in [1.165, 1.54) is 0 Å². The molecule has 14 heavy (non-hydrogen) atoms. The van der Waals surface area contributed by atoms with Crippen LogP contribution >= 0.6 is 0 Å². The lowest BCUT2D eigenvalue weighted by atomic mass is 10.1. The highest BCUT2D eigenvalue weighted by molar-refractivity contribution is 6.84.